The van der Waals surface area contributed by atoms with Gasteiger partial charge in [0.1, 0.15) is 5.75 Å². The van der Waals surface area contributed by atoms with Crippen LogP contribution in [-0.2, 0) is 4.79 Å². The summed E-state index contributed by atoms with van der Waals surface area (Å²) in [4.78, 5) is 31.0. The number of Topliss-reactive ketones (excluding diaryl/α,β-unsaturated/α-hetero) is 1. The highest BCUT2D eigenvalue weighted by molar-refractivity contribution is 7.09. The van der Waals surface area contributed by atoms with Crippen LogP contribution < -0.4 is 9.64 Å². The third kappa shape index (κ3) is 3.59. The number of hydrogen-bond acceptors (Lipinski definition) is 5. The molecule has 0 aliphatic carbocycles. The molecule has 1 aromatic heterocycles. The van der Waals surface area contributed by atoms with Crippen molar-refractivity contribution in [1.82, 2.24) is 4.98 Å². The standard InChI is InChI=1S/C20H15ClN2O3S/c1-12-22-16(11-27-12)14-4-7-19-17(8-14)23(20(25)10-26-19)9-18(24)13-2-5-15(21)6-3-13/h2-8,11H,9-10H2,1H3. The Balaban J connectivity index is 1.66. The normalized spacial score (nSPS) is 13.3. The van der Waals surface area contributed by atoms with Crippen LogP contribution in [0.3, 0.4) is 0 Å². The number of thiazole rings is 1. The molecule has 4 rings (SSSR count). The first-order chi connectivity index (χ1) is 13.0. The van der Waals surface area contributed by atoms with Crippen molar-refractivity contribution >= 4 is 40.3 Å². The van der Waals surface area contributed by atoms with Crippen LogP contribution in [0, 0.1) is 6.92 Å². The van der Waals surface area contributed by atoms with Crippen LogP contribution in [0.4, 0.5) is 5.69 Å². The summed E-state index contributed by atoms with van der Waals surface area (Å²) in [6, 6.07) is 12.2. The van der Waals surface area contributed by atoms with Crippen LogP contribution in [0.1, 0.15) is 15.4 Å². The van der Waals surface area contributed by atoms with Gasteiger partial charge < -0.3 is 4.74 Å². The van der Waals surface area contributed by atoms with Crippen molar-refractivity contribution in [3.8, 4) is 17.0 Å². The van der Waals surface area contributed by atoms with Gasteiger partial charge in [0.05, 0.1) is 22.9 Å². The highest BCUT2D eigenvalue weighted by Gasteiger charge is 2.28. The lowest BCUT2D eigenvalue weighted by atomic mass is 10.1. The minimum absolute atomic E-state index is 0.0592. The second kappa shape index (κ2) is 7.13. The number of amides is 1. The van der Waals surface area contributed by atoms with Gasteiger partial charge in [0.25, 0.3) is 5.91 Å². The third-order valence-electron chi connectivity index (χ3n) is 4.28. The zero-order valence-electron chi connectivity index (χ0n) is 14.4. The number of ketones is 1. The number of halogens is 1. The predicted octanol–water partition coefficient (Wildman–Crippen LogP) is 4.38. The maximum absolute atomic E-state index is 12.6. The fourth-order valence-corrected chi connectivity index (χ4v) is 3.65. The fourth-order valence-electron chi connectivity index (χ4n) is 2.90. The third-order valence-corrected chi connectivity index (χ3v) is 5.31. The van der Waals surface area contributed by atoms with Gasteiger partial charge >= 0.3 is 0 Å². The number of carbonyl (C=O) groups is 2. The van der Waals surface area contributed by atoms with Gasteiger partial charge in [-0.1, -0.05) is 11.6 Å². The Morgan fingerprint density at radius 2 is 2.04 bits per heavy atom. The zero-order valence-corrected chi connectivity index (χ0v) is 16.0. The number of aromatic nitrogens is 1. The number of hydrogen-bond donors (Lipinski definition) is 0. The number of nitrogens with zero attached hydrogens (tertiary/aromatic N) is 2. The van der Waals surface area contributed by atoms with Crippen LogP contribution in [-0.4, -0.2) is 29.8 Å². The Kier molecular flexibility index (Phi) is 4.68. The SMILES string of the molecule is Cc1nc(-c2ccc3c(c2)N(CC(=O)c2ccc(Cl)cc2)C(=O)CO3)cs1. The Morgan fingerprint density at radius 1 is 1.26 bits per heavy atom. The Labute approximate surface area is 165 Å². The summed E-state index contributed by atoms with van der Waals surface area (Å²) >= 11 is 7.44. The van der Waals surface area contributed by atoms with E-state index in [0.717, 1.165) is 16.3 Å². The van der Waals surface area contributed by atoms with E-state index in [1.165, 1.54) is 4.90 Å². The topological polar surface area (TPSA) is 59.5 Å². The molecule has 27 heavy (non-hydrogen) atoms. The molecule has 0 spiro atoms. The lowest BCUT2D eigenvalue weighted by Crippen LogP contribution is -2.42. The average Bonchev–Trinajstić information content (AvgIpc) is 3.10. The maximum Gasteiger partial charge on any atom is 0.265 e. The number of rotatable bonds is 4. The van der Waals surface area contributed by atoms with Crippen molar-refractivity contribution in [3.05, 3.63) is 63.4 Å². The minimum atomic E-state index is -0.253. The van der Waals surface area contributed by atoms with Crippen molar-refractivity contribution in [2.24, 2.45) is 0 Å². The Morgan fingerprint density at radius 3 is 2.74 bits per heavy atom. The van der Waals surface area contributed by atoms with Crippen LogP contribution in [0.15, 0.2) is 47.8 Å². The van der Waals surface area contributed by atoms with Crippen molar-refractivity contribution in [2.45, 2.75) is 6.92 Å². The molecule has 1 amide bonds. The average molecular weight is 399 g/mol. The van der Waals surface area contributed by atoms with Gasteiger partial charge in [-0.2, -0.15) is 0 Å². The smallest absolute Gasteiger partial charge is 0.265 e. The molecule has 1 aliphatic rings. The largest absolute Gasteiger partial charge is 0.482 e. The summed E-state index contributed by atoms with van der Waals surface area (Å²) in [5, 5.41) is 3.48. The molecule has 0 saturated carbocycles. The summed E-state index contributed by atoms with van der Waals surface area (Å²) in [6.45, 7) is 1.79. The van der Waals surface area contributed by atoms with Crippen LogP contribution in [0.2, 0.25) is 5.02 Å². The molecule has 2 heterocycles. The molecule has 0 bridgehead atoms. The van der Waals surface area contributed by atoms with E-state index in [-0.39, 0.29) is 24.8 Å². The van der Waals surface area contributed by atoms with E-state index in [0.29, 0.717) is 22.0 Å². The second-order valence-electron chi connectivity index (χ2n) is 6.13. The van der Waals surface area contributed by atoms with Crippen LogP contribution in [0.25, 0.3) is 11.3 Å². The number of ether oxygens (including phenoxy) is 1. The number of fused-ring (bicyclic) bond motifs is 1. The van der Waals surface area contributed by atoms with Crippen molar-refractivity contribution in [2.75, 3.05) is 18.1 Å². The molecule has 2 aromatic carbocycles. The summed E-state index contributed by atoms with van der Waals surface area (Å²) in [5.41, 5.74) is 2.80. The van der Waals surface area contributed by atoms with Crippen molar-refractivity contribution in [3.63, 3.8) is 0 Å². The number of anilines is 1. The van der Waals surface area contributed by atoms with Gasteiger partial charge in [-0.3, -0.25) is 14.5 Å². The molecule has 0 saturated heterocycles. The molecular weight excluding hydrogens is 384 g/mol. The second-order valence-corrected chi connectivity index (χ2v) is 7.63. The van der Waals surface area contributed by atoms with Crippen LogP contribution in [0.5, 0.6) is 5.75 Å². The molecule has 1 aliphatic heterocycles. The summed E-state index contributed by atoms with van der Waals surface area (Å²) in [5.74, 6) is 0.161. The van der Waals surface area contributed by atoms with E-state index in [4.69, 9.17) is 16.3 Å². The first-order valence-electron chi connectivity index (χ1n) is 8.30. The molecule has 3 aromatic rings. The minimum Gasteiger partial charge on any atom is -0.482 e. The van der Waals surface area contributed by atoms with Gasteiger partial charge in [0.15, 0.2) is 12.4 Å². The first kappa shape index (κ1) is 17.7. The Bertz CT molecular complexity index is 1030. The maximum atomic E-state index is 12.6. The summed E-state index contributed by atoms with van der Waals surface area (Å²) in [6.07, 6.45) is 0. The summed E-state index contributed by atoms with van der Waals surface area (Å²) in [7, 11) is 0. The Hall–Kier alpha value is -2.70. The monoisotopic (exact) mass is 398 g/mol. The number of aryl methyl sites for hydroxylation is 1. The van der Waals surface area contributed by atoms with Gasteiger partial charge in [0.2, 0.25) is 0 Å². The van der Waals surface area contributed by atoms with Gasteiger partial charge in [-0.05, 0) is 49.4 Å². The molecule has 7 heteroatoms. The van der Waals surface area contributed by atoms with E-state index >= 15 is 0 Å². The molecule has 5 nitrogen and oxygen atoms in total. The van der Waals surface area contributed by atoms with E-state index in [9.17, 15) is 9.59 Å². The molecule has 0 radical (unpaired) electrons. The van der Waals surface area contributed by atoms with Crippen molar-refractivity contribution in [1.29, 1.82) is 0 Å². The lowest BCUT2D eigenvalue weighted by molar-refractivity contribution is -0.121. The highest BCUT2D eigenvalue weighted by atomic mass is 35.5. The van der Waals surface area contributed by atoms with E-state index in [2.05, 4.69) is 4.98 Å². The van der Waals surface area contributed by atoms with E-state index in [1.807, 2.05) is 30.5 Å². The zero-order chi connectivity index (χ0) is 19.0. The molecule has 0 atom stereocenters. The van der Waals surface area contributed by atoms with E-state index in [1.54, 1.807) is 35.6 Å². The number of benzene rings is 2. The molecule has 136 valence electrons. The highest BCUT2D eigenvalue weighted by Crippen LogP contribution is 2.36. The first-order valence-corrected chi connectivity index (χ1v) is 9.55. The van der Waals surface area contributed by atoms with Gasteiger partial charge in [-0.25, -0.2) is 4.98 Å². The van der Waals surface area contributed by atoms with E-state index < -0.39 is 0 Å². The summed E-state index contributed by atoms with van der Waals surface area (Å²) < 4.78 is 5.53. The fraction of sp³-hybridized carbons (Fsp3) is 0.150. The molecular formula is C20H15ClN2O3S. The molecule has 0 N–H and O–H groups in total. The number of carbonyl (C=O) groups excluding carboxylic acids is 2. The van der Waals surface area contributed by atoms with Crippen LogP contribution >= 0.6 is 22.9 Å². The predicted molar refractivity (Wildman–Crippen MR) is 106 cm³/mol. The van der Waals surface area contributed by atoms with Crippen molar-refractivity contribution < 1.29 is 14.3 Å². The molecule has 0 unspecified atom stereocenters. The quantitative estimate of drug-likeness (QED) is 0.612. The van der Waals surface area contributed by atoms with Gasteiger partial charge in [-0.15, -0.1) is 11.3 Å². The molecule has 0 fully saturated rings. The van der Waals surface area contributed by atoms with Gasteiger partial charge in [0, 0.05) is 21.5 Å². The lowest BCUT2D eigenvalue weighted by Gasteiger charge is -2.29.